The minimum Gasteiger partial charge on any atom is -0.392 e. The van der Waals surface area contributed by atoms with Crippen LogP contribution in [-0.4, -0.2) is 13.5 Å². The molecule has 0 fully saturated rings. The molecule has 1 rings (SSSR count). The Labute approximate surface area is 81.1 Å². The van der Waals surface area contributed by atoms with Crippen LogP contribution in [0, 0.1) is 0 Å². The number of aliphatic hydroxyl groups excluding tert-OH is 1. The molecule has 0 aromatic heterocycles. The fourth-order valence-electron chi connectivity index (χ4n) is 0.913. The van der Waals surface area contributed by atoms with Gasteiger partial charge in [-0.2, -0.15) is 8.42 Å². The number of sulfonamides is 1. The van der Waals surface area contributed by atoms with Gasteiger partial charge in [0.1, 0.15) is 0 Å². The third kappa shape index (κ3) is 2.27. The maximum Gasteiger partial charge on any atom is 0.301 e. The van der Waals surface area contributed by atoms with Gasteiger partial charge in [-0.05, 0) is 22.2 Å². The van der Waals surface area contributed by atoms with E-state index in [0.29, 0.717) is 5.56 Å². The molecule has 0 amide bonds. The first kappa shape index (κ1) is 10.6. The number of hydrogen-bond acceptors (Lipinski definition) is 4. The van der Waals surface area contributed by atoms with E-state index in [1.54, 1.807) is 6.07 Å². The third-order valence-electron chi connectivity index (χ3n) is 1.53. The number of aliphatic hydroxyl groups is 1. The van der Waals surface area contributed by atoms with Gasteiger partial charge in [0.2, 0.25) is 0 Å². The summed E-state index contributed by atoms with van der Waals surface area (Å²) in [4.78, 5) is -0.0433. The summed E-state index contributed by atoms with van der Waals surface area (Å²) in [6, 6.07) is 5.76. The molecule has 0 saturated carbocycles. The number of nitrogens with zero attached hydrogens (tertiary/aromatic N) is 2. The predicted octanol–water partition coefficient (Wildman–Crippen LogP) is 0.194. The maximum atomic E-state index is 11.3. The second-order valence-electron chi connectivity index (χ2n) is 2.48. The van der Waals surface area contributed by atoms with E-state index in [2.05, 4.69) is 15.6 Å². The molecular weight excluding hydrogens is 206 g/mol. The Morgan fingerprint density at radius 3 is 2.71 bits per heavy atom. The van der Waals surface area contributed by atoms with Crippen LogP contribution in [0.4, 0.5) is 0 Å². The van der Waals surface area contributed by atoms with Crippen molar-refractivity contribution in [1.82, 2.24) is 0 Å². The Kier molecular flexibility index (Phi) is 3.15. The van der Waals surface area contributed by atoms with Gasteiger partial charge in [-0.3, -0.25) is 0 Å². The van der Waals surface area contributed by atoms with Crippen molar-refractivity contribution < 1.29 is 13.5 Å². The van der Waals surface area contributed by atoms with Crippen LogP contribution in [0.2, 0.25) is 0 Å². The Balaban J connectivity index is 3.20. The summed E-state index contributed by atoms with van der Waals surface area (Å²) < 4.78 is 25.5. The van der Waals surface area contributed by atoms with Crippen LogP contribution in [0.1, 0.15) is 5.56 Å². The zero-order valence-electron chi connectivity index (χ0n) is 7.16. The lowest BCUT2D eigenvalue weighted by Crippen LogP contribution is -1.98. The van der Waals surface area contributed by atoms with Crippen molar-refractivity contribution in [3.63, 3.8) is 0 Å². The molecule has 6 nitrogen and oxygen atoms in total. The van der Waals surface area contributed by atoms with Gasteiger partial charge in [0.25, 0.3) is 0 Å². The second kappa shape index (κ2) is 4.16. The summed E-state index contributed by atoms with van der Waals surface area (Å²) in [5.41, 5.74) is 0.485. The van der Waals surface area contributed by atoms with Crippen molar-refractivity contribution >= 4 is 10.0 Å². The zero-order valence-corrected chi connectivity index (χ0v) is 7.98. The Morgan fingerprint density at radius 1 is 1.43 bits per heavy atom. The molecule has 14 heavy (non-hydrogen) atoms. The highest BCUT2D eigenvalue weighted by atomic mass is 32.2. The molecule has 0 aliphatic heterocycles. The van der Waals surface area contributed by atoms with Crippen LogP contribution in [0.25, 0.3) is 0 Å². The molecule has 0 spiro atoms. The molecule has 3 N–H and O–H groups in total. The van der Waals surface area contributed by atoms with Crippen LogP contribution >= 0.6 is 0 Å². The highest BCUT2D eigenvalue weighted by molar-refractivity contribution is 7.90. The number of rotatable bonds is 3. The highest BCUT2D eigenvalue weighted by Crippen LogP contribution is 2.14. The van der Waals surface area contributed by atoms with Gasteiger partial charge in [-0.1, -0.05) is 17.4 Å². The molecular formula is C7H9N3O3S. The van der Waals surface area contributed by atoms with Crippen molar-refractivity contribution in [2.45, 2.75) is 11.5 Å². The van der Waals surface area contributed by atoms with Gasteiger partial charge in [0.15, 0.2) is 0 Å². The topological polar surface area (TPSA) is 105 Å². The van der Waals surface area contributed by atoms with Crippen molar-refractivity contribution in [3.05, 3.63) is 29.8 Å². The quantitative estimate of drug-likeness (QED) is 0.426. The van der Waals surface area contributed by atoms with Gasteiger partial charge < -0.3 is 10.9 Å². The van der Waals surface area contributed by atoms with Gasteiger partial charge in [-0.15, -0.1) is 0 Å². The average molecular weight is 215 g/mol. The Bertz CT molecular complexity index is 441. The van der Waals surface area contributed by atoms with E-state index in [1.165, 1.54) is 18.2 Å². The highest BCUT2D eigenvalue weighted by Gasteiger charge is 2.12. The molecule has 0 saturated heterocycles. The fraction of sp³-hybridized carbons (Fsp3) is 0.143. The van der Waals surface area contributed by atoms with E-state index >= 15 is 0 Å². The summed E-state index contributed by atoms with van der Waals surface area (Å²) in [5, 5.41) is 11.5. The summed E-state index contributed by atoms with van der Waals surface area (Å²) >= 11 is 0. The van der Waals surface area contributed by atoms with Gasteiger partial charge in [-0.25, -0.2) is 0 Å². The largest absolute Gasteiger partial charge is 0.392 e. The van der Waals surface area contributed by atoms with E-state index in [1.807, 2.05) is 0 Å². The van der Waals surface area contributed by atoms with Crippen LogP contribution in [0.5, 0.6) is 0 Å². The van der Waals surface area contributed by atoms with Crippen LogP contribution in [0.15, 0.2) is 38.9 Å². The standard InChI is InChI=1S/C7H9N3O3S/c8-9-10-14(12,13)7-3-1-2-6(4-7)5-11/h1-4,11H,5H2,(H2,8,10). The van der Waals surface area contributed by atoms with Crippen molar-refractivity contribution in [2.75, 3.05) is 0 Å². The summed E-state index contributed by atoms with van der Waals surface area (Å²) in [5.74, 6) is 4.65. The lowest BCUT2D eigenvalue weighted by Gasteiger charge is -1.99. The number of nitrogens with two attached hydrogens (primary N) is 1. The normalized spacial score (nSPS) is 12.1. The molecule has 7 heteroatoms. The summed E-state index contributed by atoms with van der Waals surface area (Å²) in [7, 11) is -3.82. The smallest absolute Gasteiger partial charge is 0.301 e. The average Bonchev–Trinajstić information content (AvgIpc) is 2.18. The first-order valence-electron chi connectivity index (χ1n) is 3.67. The summed E-state index contributed by atoms with van der Waals surface area (Å²) in [6.45, 7) is -0.233. The fourth-order valence-corrected chi connectivity index (χ4v) is 1.68. The Hall–Kier alpha value is -1.47. The summed E-state index contributed by atoms with van der Waals surface area (Å²) in [6.07, 6.45) is 0. The van der Waals surface area contributed by atoms with Crippen LogP contribution < -0.4 is 5.84 Å². The molecule has 0 atom stereocenters. The second-order valence-corrected chi connectivity index (χ2v) is 4.06. The maximum absolute atomic E-state index is 11.3. The van der Waals surface area contributed by atoms with Gasteiger partial charge in [0.05, 0.1) is 11.5 Å². The molecule has 0 aliphatic rings. The SMILES string of the molecule is NN=NS(=O)(=O)c1cccc(CO)c1. The first-order chi connectivity index (χ1) is 6.60. The third-order valence-corrected chi connectivity index (χ3v) is 2.69. The number of benzene rings is 1. The first-order valence-corrected chi connectivity index (χ1v) is 5.11. The molecule has 0 aliphatic carbocycles. The lowest BCUT2D eigenvalue weighted by molar-refractivity contribution is 0.281. The predicted molar refractivity (Wildman–Crippen MR) is 48.6 cm³/mol. The minimum absolute atomic E-state index is 0.0433. The van der Waals surface area contributed by atoms with E-state index < -0.39 is 10.0 Å². The Morgan fingerprint density at radius 2 is 2.14 bits per heavy atom. The van der Waals surface area contributed by atoms with E-state index in [9.17, 15) is 8.42 Å². The van der Waals surface area contributed by atoms with Gasteiger partial charge in [0, 0.05) is 0 Å². The molecule has 0 unspecified atom stereocenters. The molecule has 0 radical (unpaired) electrons. The van der Waals surface area contributed by atoms with Gasteiger partial charge >= 0.3 is 10.0 Å². The van der Waals surface area contributed by atoms with Crippen LogP contribution in [0.3, 0.4) is 0 Å². The van der Waals surface area contributed by atoms with Crippen molar-refractivity contribution in [1.29, 1.82) is 0 Å². The van der Waals surface area contributed by atoms with Crippen LogP contribution in [-0.2, 0) is 16.6 Å². The molecule has 76 valence electrons. The van der Waals surface area contributed by atoms with E-state index in [0.717, 1.165) is 0 Å². The molecule has 1 aromatic rings. The monoisotopic (exact) mass is 215 g/mol. The van der Waals surface area contributed by atoms with E-state index in [-0.39, 0.29) is 11.5 Å². The molecule has 0 heterocycles. The molecule has 1 aromatic carbocycles. The minimum atomic E-state index is -3.82. The molecule has 0 bridgehead atoms. The van der Waals surface area contributed by atoms with E-state index in [4.69, 9.17) is 5.11 Å². The van der Waals surface area contributed by atoms with Crippen molar-refractivity contribution in [3.8, 4) is 0 Å². The zero-order chi connectivity index (χ0) is 10.6. The lowest BCUT2D eigenvalue weighted by atomic mass is 10.2. The van der Waals surface area contributed by atoms with Crippen molar-refractivity contribution in [2.24, 2.45) is 15.6 Å². The number of hydrogen-bond donors (Lipinski definition) is 2.